The van der Waals surface area contributed by atoms with Gasteiger partial charge in [0.2, 0.25) is 0 Å². The molecular weight excluding hydrogens is 334 g/mol. The zero-order valence-corrected chi connectivity index (χ0v) is 13.4. The van der Waals surface area contributed by atoms with Crippen molar-refractivity contribution in [3.8, 4) is 0 Å². The molecule has 2 N–H and O–H groups in total. The normalized spacial score (nSPS) is 20.8. The first kappa shape index (κ1) is 16.6. The standard InChI is InChI=1S/C16H16ClN3O4/c17-12-4-2-1-3-10(12)14-13(8-21)24-6-5-20(14)16(23)11-7-18-9-19-15(11)22/h1-4,7,9,13-14,21H,5-6,8H2,(H,18,19,22)/t13-,14-/m0/s1. The number of nitrogens with one attached hydrogen (secondary N) is 1. The molecule has 3 rings (SSSR count). The number of H-pyrrole nitrogens is 1. The van der Waals surface area contributed by atoms with E-state index in [-0.39, 0.29) is 25.3 Å². The summed E-state index contributed by atoms with van der Waals surface area (Å²) in [5, 5.41) is 10.1. The molecule has 1 aromatic heterocycles. The molecule has 2 aromatic rings. The summed E-state index contributed by atoms with van der Waals surface area (Å²) in [4.78, 5) is 32.5. The van der Waals surface area contributed by atoms with E-state index in [0.29, 0.717) is 10.6 Å². The summed E-state index contributed by atoms with van der Waals surface area (Å²) in [7, 11) is 0. The van der Waals surface area contributed by atoms with Gasteiger partial charge in [-0.05, 0) is 11.6 Å². The third kappa shape index (κ3) is 3.06. The second-order valence-electron chi connectivity index (χ2n) is 5.35. The summed E-state index contributed by atoms with van der Waals surface area (Å²) >= 11 is 6.27. The van der Waals surface area contributed by atoms with E-state index >= 15 is 0 Å². The highest BCUT2D eigenvalue weighted by molar-refractivity contribution is 6.31. The van der Waals surface area contributed by atoms with Crippen LogP contribution in [0.25, 0.3) is 0 Å². The van der Waals surface area contributed by atoms with Gasteiger partial charge >= 0.3 is 0 Å². The van der Waals surface area contributed by atoms with Gasteiger partial charge in [-0.2, -0.15) is 0 Å². The first-order chi connectivity index (χ1) is 11.6. The first-order valence-electron chi connectivity index (χ1n) is 7.44. The quantitative estimate of drug-likeness (QED) is 0.861. The minimum atomic E-state index is -0.627. The van der Waals surface area contributed by atoms with Gasteiger partial charge in [-0.15, -0.1) is 0 Å². The van der Waals surface area contributed by atoms with Gasteiger partial charge in [-0.1, -0.05) is 29.8 Å². The fraction of sp³-hybridized carbons (Fsp3) is 0.312. The van der Waals surface area contributed by atoms with Crippen molar-refractivity contribution in [2.45, 2.75) is 12.1 Å². The maximum absolute atomic E-state index is 12.9. The van der Waals surface area contributed by atoms with Crippen LogP contribution in [0.1, 0.15) is 22.0 Å². The fourth-order valence-electron chi connectivity index (χ4n) is 2.85. The van der Waals surface area contributed by atoms with Crippen molar-refractivity contribution in [3.63, 3.8) is 0 Å². The second-order valence-corrected chi connectivity index (χ2v) is 5.76. The zero-order chi connectivity index (χ0) is 17.1. The predicted octanol–water partition coefficient (Wildman–Crippen LogP) is 0.998. The Hall–Kier alpha value is -2.22. The van der Waals surface area contributed by atoms with Gasteiger partial charge in [0, 0.05) is 17.8 Å². The Morgan fingerprint density at radius 1 is 1.46 bits per heavy atom. The maximum atomic E-state index is 12.9. The Balaban J connectivity index is 2.04. The minimum Gasteiger partial charge on any atom is -0.394 e. The molecule has 2 atom stereocenters. The largest absolute Gasteiger partial charge is 0.394 e. The number of aromatic amines is 1. The average molecular weight is 350 g/mol. The number of hydrogen-bond acceptors (Lipinski definition) is 5. The molecule has 1 fully saturated rings. The second kappa shape index (κ2) is 7.12. The molecule has 0 aliphatic carbocycles. The molecule has 0 radical (unpaired) electrons. The molecule has 1 aromatic carbocycles. The number of aromatic nitrogens is 2. The minimum absolute atomic E-state index is 0.0619. The topological polar surface area (TPSA) is 95.5 Å². The van der Waals surface area contributed by atoms with Crippen molar-refractivity contribution in [2.24, 2.45) is 0 Å². The maximum Gasteiger partial charge on any atom is 0.263 e. The van der Waals surface area contributed by atoms with Crippen molar-refractivity contribution in [3.05, 3.63) is 63.3 Å². The Labute approximate surface area is 142 Å². The highest BCUT2D eigenvalue weighted by atomic mass is 35.5. The van der Waals surface area contributed by atoms with Gasteiger partial charge in [-0.25, -0.2) is 4.98 Å². The molecule has 0 saturated carbocycles. The van der Waals surface area contributed by atoms with Gasteiger partial charge in [-0.3, -0.25) is 9.59 Å². The lowest BCUT2D eigenvalue weighted by Crippen LogP contribution is -2.50. The smallest absolute Gasteiger partial charge is 0.263 e. The average Bonchev–Trinajstić information content (AvgIpc) is 2.61. The van der Waals surface area contributed by atoms with Crippen LogP contribution in [-0.2, 0) is 4.74 Å². The highest BCUT2D eigenvalue weighted by Gasteiger charge is 2.38. The van der Waals surface area contributed by atoms with Gasteiger partial charge in [0.1, 0.15) is 11.7 Å². The number of carbonyl (C=O) groups excluding carboxylic acids is 1. The third-order valence-corrected chi connectivity index (χ3v) is 4.31. The van der Waals surface area contributed by atoms with Crippen molar-refractivity contribution in [2.75, 3.05) is 19.8 Å². The van der Waals surface area contributed by atoms with E-state index in [1.54, 1.807) is 24.3 Å². The number of morpholine rings is 1. The highest BCUT2D eigenvalue weighted by Crippen LogP contribution is 2.34. The molecule has 7 nitrogen and oxygen atoms in total. The van der Waals surface area contributed by atoms with Crippen LogP contribution in [0.3, 0.4) is 0 Å². The van der Waals surface area contributed by atoms with Crippen LogP contribution in [0.15, 0.2) is 41.6 Å². The summed E-state index contributed by atoms with van der Waals surface area (Å²) in [6.07, 6.45) is 1.83. The van der Waals surface area contributed by atoms with Crippen molar-refractivity contribution < 1.29 is 14.6 Å². The van der Waals surface area contributed by atoms with Gasteiger partial charge < -0.3 is 19.7 Å². The number of amides is 1. The van der Waals surface area contributed by atoms with E-state index in [1.807, 2.05) is 0 Å². The third-order valence-electron chi connectivity index (χ3n) is 3.97. The lowest BCUT2D eigenvalue weighted by molar-refractivity contribution is -0.0811. The molecule has 1 amide bonds. The van der Waals surface area contributed by atoms with E-state index in [4.69, 9.17) is 16.3 Å². The van der Waals surface area contributed by atoms with Crippen LogP contribution in [0.4, 0.5) is 0 Å². The molecule has 0 spiro atoms. The molecule has 2 heterocycles. The van der Waals surface area contributed by atoms with E-state index in [2.05, 4.69) is 9.97 Å². The lowest BCUT2D eigenvalue weighted by Gasteiger charge is -2.41. The van der Waals surface area contributed by atoms with E-state index < -0.39 is 23.6 Å². The van der Waals surface area contributed by atoms with Gasteiger partial charge in [0.25, 0.3) is 11.5 Å². The summed E-state index contributed by atoms with van der Waals surface area (Å²) in [5.74, 6) is -0.476. The molecule has 1 aliphatic rings. The number of aliphatic hydroxyl groups is 1. The van der Waals surface area contributed by atoms with E-state index in [9.17, 15) is 14.7 Å². The van der Waals surface area contributed by atoms with Gasteiger partial charge in [0.05, 0.1) is 25.6 Å². The van der Waals surface area contributed by atoms with Crippen LogP contribution < -0.4 is 5.56 Å². The molecular formula is C16H16ClN3O4. The van der Waals surface area contributed by atoms with E-state index in [1.165, 1.54) is 17.4 Å². The van der Waals surface area contributed by atoms with Crippen LogP contribution in [0.2, 0.25) is 5.02 Å². The van der Waals surface area contributed by atoms with Crippen molar-refractivity contribution >= 4 is 17.5 Å². The van der Waals surface area contributed by atoms with Crippen LogP contribution in [0, 0.1) is 0 Å². The Bertz CT molecular complexity index is 795. The molecule has 126 valence electrons. The first-order valence-corrected chi connectivity index (χ1v) is 7.82. The number of nitrogens with zero attached hydrogens (tertiary/aromatic N) is 2. The Morgan fingerprint density at radius 3 is 2.96 bits per heavy atom. The SMILES string of the molecule is O=C(c1cnc[nH]c1=O)N1CCO[C@@H](CO)[C@@H]1c1ccccc1Cl. The van der Waals surface area contributed by atoms with E-state index in [0.717, 1.165) is 0 Å². The predicted molar refractivity (Wildman–Crippen MR) is 86.9 cm³/mol. The molecule has 1 saturated heterocycles. The number of hydrogen-bond donors (Lipinski definition) is 2. The number of rotatable bonds is 3. The summed E-state index contributed by atoms with van der Waals surface area (Å²) in [6, 6.07) is 6.47. The van der Waals surface area contributed by atoms with Gasteiger partial charge in [0.15, 0.2) is 0 Å². The molecule has 1 aliphatic heterocycles. The fourth-order valence-corrected chi connectivity index (χ4v) is 3.10. The summed E-state index contributed by atoms with van der Waals surface area (Å²) in [5.41, 5.74) is 0.0830. The number of benzene rings is 1. The summed E-state index contributed by atoms with van der Waals surface area (Å²) in [6.45, 7) is 0.263. The van der Waals surface area contributed by atoms with Crippen LogP contribution >= 0.6 is 11.6 Å². The summed E-state index contributed by atoms with van der Waals surface area (Å²) < 4.78 is 5.59. The Morgan fingerprint density at radius 2 is 2.25 bits per heavy atom. The molecule has 0 bridgehead atoms. The number of carbonyl (C=O) groups is 1. The number of aliphatic hydroxyl groups excluding tert-OH is 1. The van der Waals surface area contributed by atoms with Crippen LogP contribution in [-0.4, -0.2) is 51.7 Å². The van der Waals surface area contributed by atoms with Crippen molar-refractivity contribution in [1.29, 1.82) is 0 Å². The Kier molecular flexibility index (Phi) is 4.94. The zero-order valence-electron chi connectivity index (χ0n) is 12.7. The lowest BCUT2D eigenvalue weighted by atomic mass is 9.97. The monoisotopic (exact) mass is 349 g/mol. The molecule has 8 heteroatoms. The number of halogens is 1. The number of ether oxygens (including phenoxy) is 1. The van der Waals surface area contributed by atoms with Crippen LogP contribution in [0.5, 0.6) is 0 Å². The van der Waals surface area contributed by atoms with Crippen molar-refractivity contribution in [1.82, 2.24) is 14.9 Å². The molecule has 0 unspecified atom stereocenters. The molecule has 24 heavy (non-hydrogen) atoms.